The third-order valence-electron chi connectivity index (χ3n) is 3.93. The maximum absolute atomic E-state index is 14.3. The highest BCUT2D eigenvalue weighted by molar-refractivity contribution is 7.69. The van der Waals surface area contributed by atoms with Crippen molar-refractivity contribution < 1.29 is 61.2 Å². The van der Waals surface area contributed by atoms with Crippen molar-refractivity contribution in [3.8, 4) is 0 Å². The van der Waals surface area contributed by atoms with Crippen molar-refractivity contribution in [2.75, 3.05) is 5.73 Å². The summed E-state index contributed by atoms with van der Waals surface area (Å²) in [5.74, 6) is -0.00592. The highest BCUT2D eigenvalue weighted by Crippen LogP contribution is 2.68. The van der Waals surface area contributed by atoms with Gasteiger partial charge in [-0.25, -0.2) is 28.4 Å². The van der Waals surface area contributed by atoms with Crippen molar-refractivity contribution in [1.29, 1.82) is 0 Å². The number of phosphoric acid groups is 2. The molecule has 0 amide bonds. The summed E-state index contributed by atoms with van der Waals surface area (Å²) in [7, 11) is -17.4. The molecule has 3 heterocycles. The Morgan fingerprint density at radius 3 is 2.41 bits per heavy atom. The van der Waals surface area contributed by atoms with Gasteiger partial charge in [0.05, 0.1) is 6.33 Å². The predicted octanol–water partition coefficient (Wildman–Crippen LogP) is -0.750. The van der Waals surface area contributed by atoms with E-state index in [0.717, 1.165) is 17.2 Å². The number of ether oxygens (including phenoxy) is 1. The Morgan fingerprint density at radius 2 is 1.78 bits per heavy atom. The van der Waals surface area contributed by atoms with Crippen LogP contribution >= 0.6 is 23.2 Å². The summed E-state index contributed by atoms with van der Waals surface area (Å²) in [6.07, 6.45) is -4.48. The Bertz CT molecular complexity index is 1200. The number of halogens is 1. The molecule has 0 aromatic carbocycles. The molecule has 1 aliphatic heterocycles. The van der Waals surface area contributed by atoms with E-state index in [4.69, 9.17) is 25.2 Å². The summed E-state index contributed by atoms with van der Waals surface area (Å²) in [6.45, 7) is 0. The summed E-state index contributed by atoms with van der Waals surface area (Å²) < 4.78 is 61.5. The molecular weight excluding hydrogens is 506 g/mol. The van der Waals surface area contributed by atoms with Gasteiger partial charge in [0.15, 0.2) is 17.7 Å². The van der Waals surface area contributed by atoms with Crippen LogP contribution in [0, 0.1) is 0 Å². The van der Waals surface area contributed by atoms with Crippen molar-refractivity contribution in [2.24, 2.45) is 0 Å². The van der Waals surface area contributed by atoms with Gasteiger partial charge in [0.25, 0.3) is 0 Å². The van der Waals surface area contributed by atoms with Crippen LogP contribution < -0.4 is 5.73 Å². The second-order valence-electron chi connectivity index (χ2n) is 6.19. The zero-order chi connectivity index (χ0) is 24.1. The zero-order valence-corrected chi connectivity index (χ0v) is 17.9. The highest BCUT2D eigenvalue weighted by atomic mass is 31.3. The molecule has 0 spiro atoms. The number of nitrogens with two attached hydrogens (primary N) is 1. The van der Waals surface area contributed by atoms with Crippen LogP contribution in [0.1, 0.15) is 6.23 Å². The first-order chi connectivity index (χ1) is 14.6. The summed E-state index contributed by atoms with van der Waals surface area (Å²) in [5.41, 5.74) is 3.69. The molecule has 6 atom stereocenters. The quantitative estimate of drug-likeness (QED) is 0.221. The lowest BCUT2D eigenvalue weighted by Crippen LogP contribution is -2.30. The van der Waals surface area contributed by atoms with Crippen molar-refractivity contribution in [1.82, 2.24) is 19.5 Å². The number of hydrogen-bond donors (Lipinski definition) is 7. The molecule has 0 radical (unpaired) electrons. The Kier molecular flexibility index (Phi) is 6.72. The first kappa shape index (κ1) is 25.0. The van der Waals surface area contributed by atoms with Crippen LogP contribution in [0.2, 0.25) is 0 Å². The van der Waals surface area contributed by atoms with E-state index in [2.05, 4.69) is 23.6 Å². The molecule has 1 fully saturated rings. The Morgan fingerprint density at radius 1 is 1.12 bits per heavy atom. The van der Waals surface area contributed by atoms with Gasteiger partial charge >= 0.3 is 23.2 Å². The maximum Gasteiger partial charge on any atom is 0.488 e. The zero-order valence-electron chi connectivity index (χ0n) is 15.3. The lowest BCUT2D eigenvalue weighted by molar-refractivity contribution is -0.0246. The predicted molar refractivity (Wildman–Crippen MR) is 98.7 cm³/mol. The number of fused-ring (bicyclic) bond motifs is 1. The van der Waals surface area contributed by atoms with Crippen LogP contribution in [0.15, 0.2) is 24.3 Å². The number of aromatic nitrogens is 4. The molecule has 21 heteroatoms. The van der Waals surface area contributed by atoms with Gasteiger partial charge < -0.3 is 40.3 Å². The molecule has 2 aromatic heterocycles. The van der Waals surface area contributed by atoms with E-state index in [9.17, 15) is 33.2 Å². The van der Waals surface area contributed by atoms with Gasteiger partial charge in [-0.3, -0.25) is 9.13 Å². The smallest absolute Gasteiger partial charge is 0.387 e. The molecular formula is C11H15FN5O12P3. The van der Waals surface area contributed by atoms with Crippen LogP contribution in [0.3, 0.4) is 0 Å². The van der Waals surface area contributed by atoms with E-state index in [1.165, 1.54) is 0 Å². The summed E-state index contributed by atoms with van der Waals surface area (Å²) in [4.78, 5) is 47.2. The molecule has 1 aliphatic rings. The highest BCUT2D eigenvalue weighted by Gasteiger charge is 2.46. The largest absolute Gasteiger partial charge is 0.488 e. The van der Waals surface area contributed by atoms with Gasteiger partial charge in [0, 0.05) is 0 Å². The SMILES string of the molecule is Nc1ncnc2c1ncn2[C@@H]1O[C@H](/C=C(\F)P(=O)(O)OP(=O)(O)OP(=O)(O)O)[C@@H](O)[C@H]1O. The second kappa shape index (κ2) is 8.61. The van der Waals surface area contributed by atoms with Gasteiger partial charge in [-0.05, 0) is 6.08 Å². The molecule has 3 rings (SSSR count). The molecule has 2 unspecified atom stereocenters. The van der Waals surface area contributed by atoms with Gasteiger partial charge in [-0.1, -0.05) is 0 Å². The standard InChI is InChI=1S/C11H15FN5O12P3/c12-5(30(20,21)28-32(25,26)29-31(22,23)24)1-4-7(18)8(19)11(27-4)17-3-16-6-9(13)14-2-15-10(6)17/h1-4,7-8,11,18-19H,(H,20,21)(H,25,26)(H2,13,14,15)(H2,22,23,24)/b5-1+/t4-,7-,8-,11-/m1/s1. The van der Waals surface area contributed by atoms with Gasteiger partial charge in [0.1, 0.15) is 30.2 Å². The lowest BCUT2D eigenvalue weighted by atomic mass is 10.1. The van der Waals surface area contributed by atoms with Crippen LogP contribution in [0.25, 0.3) is 11.2 Å². The Labute approximate surface area is 176 Å². The number of anilines is 1. The molecule has 0 saturated carbocycles. The summed E-state index contributed by atoms with van der Waals surface area (Å²) in [5, 5.41) is 20.4. The van der Waals surface area contributed by atoms with Gasteiger partial charge in [-0.2, -0.15) is 8.70 Å². The van der Waals surface area contributed by atoms with E-state index in [1.807, 2.05) is 0 Å². The molecule has 0 aliphatic carbocycles. The number of nitrogens with zero attached hydrogens (tertiary/aromatic N) is 4. The Balaban J connectivity index is 1.83. The third-order valence-corrected chi connectivity index (χ3v) is 8.01. The molecule has 8 N–H and O–H groups in total. The minimum absolute atomic E-state index is 0.00592. The lowest BCUT2D eigenvalue weighted by Gasteiger charge is -2.16. The minimum atomic E-state index is -5.89. The van der Waals surface area contributed by atoms with Crippen LogP contribution in [-0.2, 0) is 27.1 Å². The third kappa shape index (κ3) is 5.28. The molecule has 17 nitrogen and oxygen atoms in total. The van der Waals surface area contributed by atoms with E-state index >= 15 is 0 Å². The molecule has 178 valence electrons. The summed E-state index contributed by atoms with van der Waals surface area (Å²) in [6, 6.07) is 0. The minimum Gasteiger partial charge on any atom is -0.387 e. The van der Waals surface area contributed by atoms with E-state index in [-0.39, 0.29) is 23.1 Å². The number of rotatable bonds is 7. The Hall–Kier alpha value is -1.65. The van der Waals surface area contributed by atoms with Crippen LogP contribution in [0.4, 0.5) is 10.2 Å². The fourth-order valence-corrected chi connectivity index (χ4v) is 5.90. The van der Waals surface area contributed by atoms with Crippen molar-refractivity contribution >= 4 is 40.2 Å². The van der Waals surface area contributed by atoms with Crippen LogP contribution in [-0.4, -0.2) is 67.6 Å². The van der Waals surface area contributed by atoms with Crippen molar-refractivity contribution in [3.05, 3.63) is 24.3 Å². The summed E-state index contributed by atoms with van der Waals surface area (Å²) >= 11 is 0. The normalized spacial score (nSPS) is 28.5. The molecule has 1 saturated heterocycles. The van der Waals surface area contributed by atoms with Crippen LogP contribution in [0.5, 0.6) is 0 Å². The van der Waals surface area contributed by atoms with E-state index in [1.54, 1.807) is 0 Å². The first-order valence-electron chi connectivity index (χ1n) is 8.07. The van der Waals surface area contributed by atoms with E-state index in [0.29, 0.717) is 0 Å². The van der Waals surface area contributed by atoms with Crippen molar-refractivity contribution in [2.45, 2.75) is 24.5 Å². The molecule has 2 aromatic rings. The van der Waals surface area contributed by atoms with Gasteiger partial charge in [-0.15, -0.1) is 0 Å². The topological polar surface area (TPSA) is 270 Å². The first-order valence-corrected chi connectivity index (χ1v) is 12.7. The number of aliphatic hydroxyl groups is 2. The second-order valence-corrected chi connectivity index (χ2v) is 10.9. The molecule has 32 heavy (non-hydrogen) atoms. The number of imidazole rings is 1. The fourth-order valence-electron chi connectivity index (χ4n) is 2.67. The maximum atomic E-state index is 14.3. The fraction of sp³-hybridized carbons (Fsp3) is 0.364. The van der Waals surface area contributed by atoms with Gasteiger partial charge in [0.2, 0.25) is 5.57 Å². The van der Waals surface area contributed by atoms with Crippen molar-refractivity contribution in [3.63, 3.8) is 0 Å². The average Bonchev–Trinajstić information content (AvgIpc) is 3.16. The number of nitrogen functional groups attached to an aromatic ring is 1. The monoisotopic (exact) mass is 521 g/mol. The molecule has 0 bridgehead atoms. The average molecular weight is 521 g/mol. The van der Waals surface area contributed by atoms with E-state index < -0.39 is 53.3 Å². The number of aliphatic hydroxyl groups excluding tert-OH is 2. The number of hydrogen-bond acceptors (Lipinski definition) is 12.